The smallest absolute Gasteiger partial charge is 0.241 e. The zero-order valence-corrected chi connectivity index (χ0v) is 22.5. The Morgan fingerprint density at radius 1 is 0.944 bits per heavy atom. The molecule has 0 bridgehead atoms. The van der Waals surface area contributed by atoms with Gasteiger partial charge in [0.2, 0.25) is 5.91 Å². The first-order chi connectivity index (χ1) is 16.7. The van der Waals surface area contributed by atoms with Crippen LogP contribution in [0.2, 0.25) is 0 Å². The van der Waals surface area contributed by atoms with E-state index in [0.717, 1.165) is 15.8 Å². The molecule has 1 amide bonds. The molecule has 0 spiro atoms. The van der Waals surface area contributed by atoms with Gasteiger partial charge in [-0.2, -0.15) is 0 Å². The molecule has 0 N–H and O–H groups in total. The van der Waals surface area contributed by atoms with E-state index in [-0.39, 0.29) is 23.2 Å². The number of carbonyl (C=O) groups is 1. The number of sulfone groups is 1. The van der Waals surface area contributed by atoms with Crippen LogP contribution in [0.4, 0.5) is 5.13 Å². The number of amides is 1. The Balaban J connectivity index is 0.00000304. The van der Waals surface area contributed by atoms with Crippen molar-refractivity contribution in [2.45, 2.75) is 10.8 Å². The van der Waals surface area contributed by atoms with Crippen LogP contribution in [-0.2, 0) is 14.6 Å². The van der Waals surface area contributed by atoms with Crippen LogP contribution in [0.15, 0.2) is 71.6 Å². The second-order valence-corrected chi connectivity index (χ2v) is 11.8. The van der Waals surface area contributed by atoms with Crippen molar-refractivity contribution >= 4 is 54.8 Å². The van der Waals surface area contributed by atoms with E-state index in [1.165, 1.54) is 17.6 Å². The van der Waals surface area contributed by atoms with Gasteiger partial charge in [0.25, 0.3) is 0 Å². The molecular formula is C26H26ClN3O4S2. The van der Waals surface area contributed by atoms with Gasteiger partial charge in [-0.05, 0) is 38.4 Å². The number of rotatable bonds is 6. The standard InChI is InChI=1S/C26H25N3O4S2.ClH/c1-28(2)15-16-29(26-27-24-21(34-26)13-8-14-22(24)35(3,31)32)25(30)23-17-9-4-6-11-19(17)33-20-12-7-5-10-18(20)23;/h4-14,23H,15-16H2,1-3H3;1H. The summed E-state index contributed by atoms with van der Waals surface area (Å²) in [7, 11) is 0.420. The lowest BCUT2D eigenvalue weighted by Crippen LogP contribution is -2.40. The van der Waals surface area contributed by atoms with Gasteiger partial charge in [-0.3, -0.25) is 9.69 Å². The van der Waals surface area contributed by atoms with E-state index in [4.69, 9.17) is 4.74 Å². The fourth-order valence-electron chi connectivity index (χ4n) is 4.26. The van der Waals surface area contributed by atoms with Crippen LogP contribution < -0.4 is 9.64 Å². The number of likely N-dealkylation sites (N-methyl/N-ethyl adjacent to an activating group) is 1. The molecule has 0 unspecified atom stereocenters. The summed E-state index contributed by atoms with van der Waals surface area (Å²) in [5.41, 5.74) is 1.98. The molecule has 7 nitrogen and oxygen atoms in total. The molecule has 1 aliphatic heterocycles. The van der Waals surface area contributed by atoms with Crippen molar-refractivity contribution in [1.82, 2.24) is 9.88 Å². The Bertz CT molecular complexity index is 1490. The highest BCUT2D eigenvalue weighted by atomic mass is 35.5. The summed E-state index contributed by atoms with van der Waals surface area (Å²) in [6.45, 7) is 1.02. The minimum atomic E-state index is -3.47. The summed E-state index contributed by atoms with van der Waals surface area (Å²) in [4.78, 5) is 22.8. The maximum Gasteiger partial charge on any atom is 0.241 e. The molecule has 36 heavy (non-hydrogen) atoms. The third-order valence-corrected chi connectivity index (χ3v) is 8.14. The summed E-state index contributed by atoms with van der Waals surface area (Å²) >= 11 is 1.32. The predicted octanol–water partition coefficient (Wildman–Crippen LogP) is 4.95. The summed E-state index contributed by atoms with van der Waals surface area (Å²) in [6.07, 6.45) is 1.17. The Morgan fingerprint density at radius 3 is 2.14 bits per heavy atom. The largest absolute Gasteiger partial charge is 0.457 e. The number of ether oxygens (including phenoxy) is 1. The van der Waals surface area contributed by atoms with E-state index < -0.39 is 15.8 Å². The number of nitrogens with zero attached hydrogens (tertiary/aromatic N) is 3. The molecule has 4 aromatic rings. The maximum atomic E-state index is 14.3. The monoisotopic (exact) mass is 543 g/mol. The van der Waals surface area contributed by atoms with Gasteiger partial charge in [0.1, 0.15) is 17.0 Å². The van der Waals surface area contributed by atoms with Crippen molar-refractivity contribution in [2.24, 2.45) is 0 Å². The van der Waals surface area contributed by atoms with Crippen LogP contribution in [0.25, 0.3) is 10.2 Å². The number of anilines is 1. The minimum Gasteiger partial charge on any atom is -0.457 e. The molecule has 0 aliphatic carbocycles. The molecule has 1 aromatic heterocycles. The molecular weight excluding hydrogens is 518 g/mol. The summed E-state index contributed by atoms with van der Waals surface area (Å²) < 4.78 is 31.5. The van der Waals surface area contributed by atoms with Crippen molar-refractivity contribution in [3.63, 3.8) is 0 Å². The molecule has 0 saturated carbocycles. The Morgan fingerprint density at radius 2 is 1.56 bits per heavy atom. The minimum absolute atomic E-state index is 0. The van der Waals surface area contributed by atoms with Gasteiger partial charge in [-0.15, -0.1) is 12.4 Å². The van der Waals surface area contributed by atoms with E-state index in [0.29, 0.717) is 35.2 Å². The van der Waals surface area contributed by atoms with Gasteiger partial charge < -0.3 is 9.64 Å². The lowest BCUT2D eigenvalue weighted by molar-refractivity contribution is -0.119. The number of para-hydroxylation sites is 3. The fraction of sp³-hybridized carbons (Fsp3) is 0.231. The SMILES string of the molecule is CN(C)CCN(C(=O)C1c2ccccc2Oc2ccccc21)c1nc2c(S(C)(=O)=O)cccc2s1.Cl. The molecule has 0 saturated heterocycles. The van der Waals surface area contributed by atoms with E-state index >= 15 is 0 Å². The quantitative estimate of drug-likeness (QED) is 0.342. The number of hydrogen-bond donors (Lipinski definition) is 0. The molecule has 10 heteroatoms. The highest BCUT2D eigenvalue weighted by molar-refractivity contribution is 7.91. The highest BCUT2D eigenvalue weighted by Gasteiger charge is 2.36. The Hall–Kier alpha value is -2.98. The average Bonchev–Trinajstić information content (AvgIpc) is 3.25. The van der Waals surface area contributed by atoms with E-state index in [1.54, 1.807) is 17.0 Å². The third-order valence-electron chi connectivity index (χ3n) is 5.96. The van der Waals surface area contributed by atoms with Crippen molar-refractivity contribution in [2.75, 3.05) is 38.3 Å². The van der Waals surface area contributed by atoms with E-state index in [2.05, 4.69) is 4.98 Å². The van der Waals surface area contributed by atoms with Crippen molar-refractivity contribution < 1.29 is 17.9 Å². The number of halogens is 1. The van der Waals surface area contributed by atoms with Crippen molar-refractivity contribution in [1.29, 1.82) is 0 Å². The normalized spacial score (nSPS) is 13.0. The van der Waals surface area contributed by atoms with Crippen LogP contribution in [0.3, 0.4) is 0 Å². The molecule has 0 fully saturated rings. The van der Waals surface area contributed by atoms with Crippen LogP contribution in [0.5, 0.6) is 11.5 Å². The van der Waals surface area contributed by atoms with Crippen LogP contribution in [0.1, 0.15) is 17.0 Å². The number of carbonyl (C=O) groups excluding carboxylic acids is 1. The lowest BCUT2D eigenvalue weighted by atomic mass is 9.87. The topological polar surface area (TPSA) is 79.8 Å². The molecule has 5 rings (SSSR count). The van der Waals surface area contributed by atoms with E-state index in [1.807, 2.05) is 73.6 Å². The maximum absolute atomic E-state index is 14.3. The highest BCUT2D eigenvalue weighted by Crippen LogP contribution is 2.45. The molecule has 1 aliphatic rings. The average molecular weight is 544 g/mol. The first-order valence-electron chi connectivity index (χ1n) is 11.2. The van der Waals surface area contributed by atoms with Gasteiger partial charge >= 0.3 is 0 Å². The fourth-order valence-corrected chi connectivity index (χ4v) is 6.18. The number of hydrogen-bond acceptors (Lipinski definition) is 7. The van der Waals surface area contributed by atoms with E-state index in [9.17, 15) is 13.2 Å². The van der Waals surface area contributed by atoms with Crippen LogP contribution in [-0.4, -0.2) is 57.6 Å². The van der Waals surface area contributed by atoms with Crippen LogP contribution >= 0.6 is 23.7 Å². The van der Waals surface area contributed by atoms with Crippen molar-refractivity contribution in [3.8, 4) is 11.5 Å². The van der Waals surface area contributed by atoms with Gasteiger partial charge in [0, 0.05) is 30.5 Å². The van der Waals surface area contributed by atoms with Gasteiger partial charge in [-0.25, -0.2) is 13.4 Å². The summed E-state index contributed by atoms with van der Waals surface area (Å²) in [5.74, 6) is 0.608. The lowest BCUT2D eigenvalue weighted by Gasteiger charge is -2.31. The second kappa shape index (κ2) is 10.2. The van der Waals surface area contributed by atoms with Gasteiger partial charge in [0.05, 0.1) is 15.5 Å². The zero-order chi connectivity index (χ0) is 24.7. The molecule has 0 radical (unpaired) electrons. The Labute approximate surface area is 220 Å². The van der Waals surface area contributed by atoms with Crippen molar-refractivity contribution in [3.05, 3.63) is 77.9 Å². The summed E-state index contributed by atoms with van der Waals surface area (Å²) in [5, 5.41) is 0.476. The number of aromatic nitrogens is 1. The van der Waals surface area contributed by atoms with Gasteiger partial charge in [-0.1, -0.05) is 53.8 Å². The Kier molecular flexibility index (Phi) is 7.38. The second-order valence-electron chi connectivity index (χ2n) is 8.78. The molecule has 188 valence electrons. The molecule has 3 aromatic carbocycles. The number of fused-ring (bicyclic) bond motifs is 3. The molecule has 0 atom stereocenters. The number of thiazole rings is 1. The third kappa shape index (κ3) is 4.84. The number of benzene rings is 3. The zero-order valence-electron chi connectivity index (χ0n) is 20.0. The predicted molar refractivity (Wildman–Crippen MR) is 146 cm³/mol. The first-order valence-corrected chi connectivity index (χ1v) is 13.9. The summed E-state index contributed by atoms with van der Waals surface area (Å²) in [6, 6.07) is 20.2. The first kappa shape index (κ1) is 26.1. The molecule has 2 heterocycles. The van der Waals surface area contributed by atoms with Gasteiger partial charge in [0.15, 0.2) is 15.0 Å². The van der Waals surface area contributed by atoms with Crippen LogP contribution in [0, 0.1) is 0 Å².